The van der Waals surface area contributed by atoms with E-state index in [2.05, 4.69) is 10.6 Å². The third kappa shape index (κ3) is 3.88. The zero-order valence-electron chi connectivity index (χ0n) is 17.4. The fraction of sp³-hybridized carbons (Fsp3) is 0.571. The van der Waals surface area contributed by atoms with Gasteiger partial charge in [0.2, 0.25) is 5.91 Å². The maximum absolute atomic E-state index is 13.0. The number of carbonyl (C=O) groups excluding carboxylic acids is 3. The average molecular weight is 403 g/mol. The van der Waals surface area contributed by atoms with E-state index in [4.69, 9.17) is 9.47 Å². The van der Waals surface area contributed by atoms with Crippen LogP contribution in [0.5, 0.6) is 11.5 Å². The minimum Gasteiger partial charge on any atom is -0.497 e. The van der Waals surface area contributed by atoms with Gasteiger partial charge in [0.25, 0.3) is 5.91 Å². The van der Waals surface area contributed by atoms with E-state index >= 15 is 0 Å². The molecule has 8 nitrogen and oxygen atoms in total. The second-order valence-corrected chi connectivity index (χ2v) is 7.84. The van der Waals surface area contributed by atoms with Crippen LogP contribution in [0.2, 0.25) is 0 Å². The third-order valence-corrected chi connectivity index (χ3v) is 6.08. The number of ether oxygens (including phenoxy) is 2. The maximum atomic E-state index is 13.0. The molecule has 1 heterocycles. The van der Waals surface area contributed by atoms with E-state index in [1.807, 2.05) is 13.8 Å². The van der Waals surface area contributed by atoms with Crippen molar-refractivity contribution in [2.75, 3.05) is 20.8 Å². The average Bonchev–Trinajstić information content (AvgIpc) is 2.94. The molecular weight excluding hydrogens is 374 g/mol. The predicted molar refractivity (Wildman–Crippen MR) is 107 cm³/mol. The normalized spacial score (nSPS) is 25.0. The van der Waals surface area contributed by atoms with Gasteiger partial charge < -0.3 is 20.1 Å². The Hall–Kier alpha value is -2.77. The Morgan fingerprint density at radius 1 is 1.31 bits per heavy atom. The van der Waals surface area contributed by atoms with Crippen molar-refractivity contribution in [2.45, 2.75) is 51.1 Å². The van der Waals surface area contributed by atoms with Crippen LogP contribution < -0.4 is 20.1 Å². The van der Waals surface area contributed by atoms with Crippen molar-refractivity contribution in [3.8, 4) is 11.5 Å². The van der Waals surface area contributed by atoms with Gasteiger partial charge in [0.05, 0.1) is 20.3 Å². The fourth-order valence-corrected chi connectivity index (χ4v) is 4.33. The number of rotatable bonds is 6. The Morgan fingerprint density at radius 3 is 2.72 bits per heavy atom. The van der Waals surface area contributed by atoms with Crippen LogP contribution >= 0.6 is 0 Å². The molecule has 1 aromatic rings. The van der Waals surface area contributed by atoms with Gasteiger partial charge in [0.1, 0.15) is 23.6 Å². The van der Waals surface area contributed by atoms with E-state index in [1.54, 1.807) is 32.4 Å². The fourth-order valence-electron chi connectivity index (χ4n) is 4.33. The van der Waals surface area contributed by atoms with Crippen molar-refractivity contribution in [1.29, 1.82) is 0 Å². The number of urea groups is 1. The smallest absolute Gasteiger partial charge is 0.325 e. The van der Waals surface area contributed by atoms with Gasteiger partial charge in [-0.05, 0) is 43.9 Å². The Morgan fingerprint density at radius 2 is 2.07 bits per heavy atom. The summed E-state index contributed by atoms with van der Waals surface area (Å²) in [4.78, 5) is 39.1. The molecule has 3 unspecified atom stereocenters. The van der Waals surface area contributed by atoms with E-state index in [1.165, 1.54) is 0 Å². The van der Waals surface area contributed by atoms with E-state index in [0.717, 1.165) is 29.7 Å². The van der Waals surface area contributed by atoms with Crippen LogP contribution in [0.3, 0.4) is 0 Å². The SMILES string of the molecule is COc1ccc(OC)c(C(C)NC(=O)CN2C(=O)NC3(CCCCC3C)C2=O)c1. The van der Waals surface area contributed by atoms with Crippen LogP contribution in [0, 0.1) is 5.92 Å². The molecule has 1 saturated heterocycles. The molecule has 1 aliphatic carbocycles. The molecule has 1 saturated carbocycles. The lowest BCUT2D eigenvalue weighted by atomic mass is 9.73. The number of carbonyl (C=O) groups is 3. The van der Waals surface area contributed by atoms with Gasteiger partial charge in [-0.25, -0.2) is 4.79 Å². The second-order valence-electron chi connectivity index (χ2n) is 7.84. The summed E-state index contributed by atoms with van der Waals surface area (Å²) < 4.78 is 10.6. The molecular formula is C21H29N3O5. The number of hydrogen-bond acceptors (Lipinski definition) is 5. The molecule has 0 aromatic heterocycles. The molecule has 2 fully saturated rings. The Labute approximate surface area is 170 Å². The highest BCUT2D eigenvalue weighted by atomic mass is 16.5. The number of nitrogens with one attached hydrogen (secondary N) is 2. The number of imide groups is 1. The molecule has 2 aliphatic rings. The summed E-state index contributed by atoms with van der Waals surface area (Å²) in [7, 11) is 3.12. The summed E-state index contributed by atoms with van der Waals surface area (Å²) in [6.07, 6.45) is 3.45. The van der Waals surface area contributed by atoms with E-state index in [9.17, 15) is 14.4 Å². The largest absolute Gasteiger partial charge is 0.497 e. The summed E-state index contributed by atoms with van der Waals surface area (Å²) in [5, 5.41) is 5.71. The predicted octanol–water partition coefficient (Wildman–Crippen LogP) is 2.38. The Balaban J connectivity index is 1.69. The van der Waals surface area contributed by atoms with Crippen molar-refractivity contribution < 1.29 is 23.9 Å². The quantitative estimate of drug-likeness (QED) is 0.711. The Bertz CT molecular complexity index is 812. The minimum absolute atomic E-state index is 0.0562. The number of amides is 4. The highest BCUT2D eigenvalue weighted by Gasteiger charge is 2.55. The molecule has 0 radical (unpaired) electrons. The molecule has 158 valence electrons. The first-order chi connectivity index (χ1) is 13.8. The van der Waals surface area contributed by atoms with E-state index in [-0.39, 0.29) is 18.4 Å². The number of hydrogen-bond donors (Lipinski definition) is 2. The summed E-state index contributed by atoms with van der Waals surface area (Å²) in [6, 6.07) is 4.44. The van der Waals surface area contributed by atoms with Crippen LogP contribution in [0.25, 0.3) is 0 Å². The van der Waals surface area contributed by atoms with Crippen molar-refractivity contribution in [2.24, 2.45) is 5.92 Å². The molecule has 1 spiro atoms. The summed E-state index contributed by atoms with van der Waals surface area (Å²) in [5.41, 5.74) is -0.119. The zero-order chi connectivity index (χ0) is 21.2. The maximum Gasteiger partial charge on any atom is 0.325 e. The van der Waals surface area contributed by atoms with Crippen LogP contribution in [0.1, 0.15) is 51.1 Å². The van der Waals surface area contributed by atoms with Crippen LogP contribution in [-0.2, 0) is 9.59 Å². The van der Waals surface area contributed by atoms with Gasteiger partial charge in [-0.2, -0.15) is 0 Å². The van der Waals surface area contributed by atoms with Gasteiger partial charge in [0, 0.05) is 5.56 Å². The van der Waals surface area contributed by atoms with Gasteiger partial charge in [-0.15, -0.1) is 0 Å². The molecule has 1 aliphatic heterocycles. The first-order valence-electron chi connectivity index (χ1n) is 9.97. The van der Waals surface area contributed by atoms with Crippen LogP contribution in [0.4, 0.5) is 4.79 Å². The minimum atomic E-state index is -0.864. The number of methoxy groups -OCH3 is 2. The Kier molecular flexibility index (Phi) is 6.00. The molecule has 0 bridgehead atoms. The molecule has 1 aromatic carbocycles. The van der Waals surface area contributed by atoms with Gasteiger partial charge >= 0.3 is 6.03 Å². The monoisotopic (exact) mass is 403 g/mol. The molecule has 3 rings (SSSR count). The van der Waals surface area contributed by atoms with Gasteiger partial charge in [-0.3, -0.25) is 14.5 Å². The second kappa shape index (κ2) is 8.31. The molecule has 29 heavy (non-hydrogen) atoms. The van der Waals surface area contributed by atoms with Crippen LogP contribution in [-0.4, -0.2) is 49.0 Å². The van der Waals surface area contributed by atoms with Crippen molar-refractivity contribution >= 4 is 17.8 Å². The lowest BCUT2D eigenvalue weighted by molar-refractivity contribution is -0.137. The lowest BCUT2D eigenvalue weighted by Crippen LogP contribution is -2.54. The van der Waals surface area contributed by atoms with Crippen LogP contribution in [0.15, 0.2) is 18.2 Å². The first-order valence-corrected chi connectivity index (χ1v) is 9.97. The highest BCUT2D eigenvalue weighted by Crippen LogP contribution is 2.38. The molecule has 2 N–H and O–H groups in total. The number of nitrogens with zero attached hydrogens (tertiary/aromatic N) is 1. The molecule has 4 amide bonds. The summed E-state index contributed by atoms with van der Waals surface area (Å²) in [5.74, 6) is 0.608. The van der Waals surface area contributed by atoms with Crippen molar-refractivity contribution in [3.63, 3.8) is 0 Å². The van der Waals surface area contributed by atoms with E-state index in [0.29, 0.717) is 17.9 Å². The van der Waals surface area contributed by atoms with E-state index < -0.39 is 23.5 Å². The topological polar surface area (TPSA) is 97.0 Å². The molecule has 3 atom stereocenters. The molecule has 8 heteroatoms. The third-order valence-electron chi connectivity index (χ3n) is 6.08. The van der Waals surface area contributed by atoms with Crippen molar-refractivity contribution in [3.05, 3.63) is 23.8 Å². The lowest BCUT2D eigenvalue weighted by Gasteiger charge is -2.36. The number of benzene rings is 1. The summed E-state index contributed by atoms with van der Waals surface area (Å²) in [6.45, 7) is 3.49. The highest BCUT2D eigenvalue weighted by molar-refractivity contribution is 6.09. The van der Waals surface area contributed by atoms with Gasteiger partial charge in [0.15, 0.2) is 0 Å². The first kappa shape index (κ1) is 21.0. The summed E-state index contributed by atoms with van der Waals surface area (Å²) >= 11 is 0. The standard InChI is InChI=1S/C21H29N3O5/c1-13-7-5-6-10-21(13)19(26)24(20(27)23-21)12-18(25)22-14(2)16-11-15(28-3)8-9-17(16)29-4/h8-9,11,13-14H,5-7,10,12H2,1-4H3,(H,22,25)(H,23,27). The zero-order valence-corrected chi connectivity index (χ0v) is 17.4. The van der Waals surface area contributed by atoms with Crippen molar-refractivity contribution in [1.82, 2.24) is 15.5 Å². The van der Waals surface area contributed by atoms with Gasteiger partial charge in [-0.1, -0.05) is 19.8 Å².